The Morgan fingerprint density at radius 2 is 1.82 bits per heavy atom. The number of carbonyl (C=O) groups excluding carboxylic acids is 2. The fraction of sp³-hybridized carbons (Fsp3) is 0.294. The molecule has 2 N–H and O–H groups in total. The molecule has 0 saturated heterocycles. The van der Waals surface area contributed by atoms with E-state index in [4.69, 9.17) is 5.11 Å². The van der Waals surface area contributed by atoms with Crippen molar-refractivity contribution in [1.82, 2.24) is 9.88 Å². The number of ketones is 1. The molecule has 1 amide bonds. The van der Waals surface area contributed by atoms with Gasteiger partial charge in [0.25, 0.3) is 5.91 Å². The molecule has 0 aliphatic rings. The zero-order valence-corrected chi connectivity index (χ0v) is 12.8. The molecule has 1 aromatic carbocycles. The summed E-state index contributed by atoms with van der Waals surface area (Å²) in [6, 6.07) is 9.22. The van der Waals surface area contributed by atoms with E-state index in [1.165, 1.54) is 6.92 Å². The summed E-state index contributed by atoms with van der Waals surface area (Å²) in [6.45, 7) is 2.02. The van der Waals surface area contributed by atoms with Gasteiger partial charge in [-0.2, -0.15) is 0 Å². The van der Waals surface area contributed by atoms with Gasteiger partial charge in [-0.15, -0.1) is 0 Å². The molecule has 0 aliphatic carbocycles. The van der Waals surface area contributed by atoms with Crippen LogP contribution in [0.25, 0.3) is 0 Å². The second-order valence-electron chi connectivity index (χ2n) is 5.26. The molecule has 1 aromatic heterocycles. The monoisotopic (exact) mass is 300 g/mol. The van der Waals surface area contributed by atoms with Crippen LogP contribution < -0.4 is 5.32 Å². The van der Waals surface area contributed by atoms with Crippen LogP contribution in [0.1, 0.15) is 38.9 Å². The minimum atomic E-state index is -0.193. The summed E-state index contributed by atoms with van der Waals surface area (Å²) < 4.78 is 1.65. The maximum absolute atomic E-state index is 12.1. The fourth-order valence-electron chi connectivity index (χ4n) is 2.21. The van der Waals surface area contributed by atoms with Crippen LogP contribution in [0, 0.1) is 0 Å². The summed E-state index contributed by atoms with van der Waals surface area (Å²) >= 11 is 0. The van der Waals surface area contributed by atoms with Crippen LogP contribution in [0.15, 0.2) is 36.5 Å². The number of amides is 1. The maximum Gasteiger partial charge on any atom is 0.267 e. The van der Waals surface area contributed by atoms with Gasteiger partial charge in [0, 0.05) is 25.4 Å². The lowest BCUT2D eigenvalue weighted by Crippen LogP contribution is -2.27. The van der Waals surface area contributed by atoms with Gasteiger partial charge in [0.05, 0.1) is 6.61 Å². The first-order valence-electron chi connectivity index (χ1n) is 7.15. The van der Waals surface area contributed by atoms with Gasteiger partial charge in [-0.25, -0.2) is 0 Å². The number of carbonyl (C=O) groups is 2. The molecule has 0 fully saturated rings. The van der Waals surface area contributed by atoms with E-state index in [1.807, 2.05) is 24.3 Å². The van der Waals surface area contributed by atoms with Crippen LogP contribution in [0.3, 0.4) is 0 Å². The number of Topliss-reactive ketones (excluding diaryl/α,β-unsaturated/α-hetero) is 1. The predicted molar refractivity (Wildman–Crippen MR) is 83.8 cm³/mol. The number of benzene rings is 1. The van der Waals surface area contributed by atoms with Crippen LogP contribution in [-0.4, -0.2) is 27.9 Å². The van der Waals surface area contributed by atoms with E-state index in [0.29, 0.717) is 24.2 Å². The number of nitrogens with one attached hydrogen (secondary N) is 1. The van der Waals surface area contributed by atoms with E-state index in [-0.39, 0.29) is 18.3 Å². The number of aromatic nitrogens is 1. The number of hydrogen-bond donors (Lipinski definition) is 2. The van der Waals surface area contributed by atoms with Crippen molar-refractivity contribution in [2.24, 2.45) is 7.05 Å². The van der Waals surface area contributed by atoms with Crippen LogP contribution >= 0.6 is 0 Å². The molecule has 0 aliphatic heterocycles. The molecule has 2 rings (SSSR count). The highest BCUT2D eigenvalue weighted by atomic mass is 16.3. The Morgan fingerprint density at radius 1 is 1.18 bits per heavy atom. The van der Waals surface area contributed by atoms with Crippen molar-refractivity contribution in [3.63, 3.8) is 0 Å². The highest BCUT2D eigenvalue weighted by Gasteiger charge is 2.13. The van der Waals surface area contributed by atoms with Crippen LogP contribution in [-0.2, 0) is 20.1 Å². The average Bonchev–Trinajstić information content (AvgIpc) is 2.90. The van der Waals surface area contributed by atoms with Gasteiger partial charge in [-0.05, 0) is 30.5 Å². The van der Waals surface area contributed by atoms with Crippen molar-refractivity contribution in [1.29, 1.82) is 0 Å². The minimum Gasteiger partial charge on any atom is -0.392 e. The van der Waals surface area contributed by atoms with Gasteiger partial charge in [-0.1, -0.05) is 24.3 Å². The smallest absolute Gasteiger partial charge is 0.267 e. The first-order chi connectivity index (χ1) is 10.5. The van der Waals surface area contributed by atoms with Crippen LogP contribution in [0.4, 0.5) is 0 Å². The lowest BCUT2D eigenvalue weighted by Gasteiger charge is -2.06. The third-order valence-electron chi connectivity index (χ3n) is 3.55. The molecule has 0 spiro atoms. The summed E-state index contributed by atoms with van der Waals surface area (Å²) in [5.41, 5.74) is 2.97. The molecule has 5 heteroatoms. The largest absolute Gasteiger partial charge is 0.392 e. The number of nitrogens with zero attached hydrogens (tertiary/aromatic N) is 1. The van der Waals surface area contributed by atoms with Crippen molar-refractivity contribution in [3.8, 4) is 0 Å². The summed E-state index contributed by atoms with van der Waals surface area (Å²) in [5, 5.41) is 11.8. The second-order valence-corrected chi connectivity index (χ2v) is 5.26. The Bertz CT molecular complexity index is 672. The van der Waals surface area contributed by atoms with E-state index in [1.54, 1.807) is 23.9 Å². The SMILES string of the molecule is CC(=O)c1cc(C(=O)NCCc2ccc(CO)cc2)n(C)c1. The van der Waals surface area contributed by atoms with E-state index >= 15 is 0 Å². The van der Waals surface area contributed by atoms with E-state index in [9.17, 15) is 9.59 Å². The molecule has 1 heterocycles. The minimum absolute atomic E-state index is 0.0307. The van der Waals surface area contributed by atoms with Crippen molar-refractivity contribution >= 4 is 11.7 Å². The summed E-state index contributed by atoms with van der Waals surface area (Å²) in [7, 11) is 1.75. The summed E-state index contributed by atoms with van der Waals surface area (Å²) in [6.07, 6.45) is 2.37. The first kappa shape index (κ1) is 16.0. The summed E-state index contributed by atoms with van der Waals surface area (Å²) in [5.74, 6) is -0.249. The number of aliphatic hydroxyl groups is 1. The predicted octanol–water partition coefficient (Wildman–Crippen LogP) is 1.69. The lowest BCUT2D eigenvalue weighted by atomic mass is 10.1. The molecule has 0 unspecified atom stereocenters. The van der Waals surface area contributed by atoms with Crippen molar-refractivity contribution in [2.45, 2.75) is 20.0 Å². The maximum atomic E-state index is 12.1. The number of aryl methyl sites for hydroxylation is 1. The fourth-order valence-corrected chi connectivity index (χ4v) is 2.21. The Kier molecular flexibility index (Phi) is 5.12. The van der Waals surface area contributed by atoms with Gasteiger partial charge >= 0.3 is 0 Å². The lowest BCUT2D eigenvalue weighted by molar-refractivity contribution is 0.0945. The van der Waals surface area contributed by atoms with Crippen LogP contribution in [0.2, 0.25) is 0 Å². The highest BCUT2D eigenvalue weighted by Crippen LogP contribution is 2.08. The average molecular weight is 300 g/mol. The molecule has 2 aromatic rings. The van der Waals surface area contributed by atoms with Gasteiger partial charge in [-0.3, -0.25) is 9.59 Å². The van der Waals surface area contributed by atoms with Gasteiger partial charge < -0.3 is 15.0 Å². The Labute approximate surface area is 129 Å². The van der Waals surface area contributed by atoms with E-state index in [0.717, 1.165) is 11.1 Å². The molecular formula is C17H20N2O3. The third kappa shape index (κ3) is 3.83. The molecule has 116 valence electrons. The number of hydrogen-bond acceptors (Lipinski definition) is 3. The Balaban J connectivity index is 1.91. The Morgan fingerprint density at radius 3 is 2.36 bits per heavy atom. The zero-order valence-electron chi connectivity index (χ0n) is 12.8. The van der Waals surface area contributed by atoms with Crippen molar-refractivity contribution < 1.29 is 14.7 Å². The van der Waals surface area contributed by atoms with Crippen molar-refractivity contribution in [2.75, 3.05) is 6.54 Å². The van der Waals surface area contributed by atoms with E-state index < -0.39 is 0 Å². The van der Waals surface area contributed by atoms with E-state index in [2.05, 4.69) is 5.32 Å². The van der Waals surface area contributed by atoms with Gasteiger partial charge in [0.15, 0.2) is 5.78 Å². The third-order valence-corrected chi connectivity index (χ3v) is 3.55. The van der Waals surface area contributed by atoms with Crippen molar-refractivity contribution in [3.05, 3.63) is 58.9 Å². The molecule has 0 saturated carbocycles. The summed E-state index contributed by atoms with van der Waals surface area (Å²) in [4.78, 5) is 23.4. The highest BCUT2D eigenvalue weighted by molar-refractivity contribution is 5.99. The van der Waals surface area contributed by atoms with Gasteiger partial charge in [0.2, 0.25) is 0 Å². The normalized spacial score (nSPS) is 10.5. The molecule has 0 radical (unpaired) electrons. The quantitative estimate of drug-likeness (QED) is 0.798. The number of aliphatic hydroxyl groups excluding tert-OH is 1. The van der Waals surface area contributed by atoms with Gasteiger partial charge in [0.1, 0.15) is 5.69 Å². The molecule has 5 nitrogen and oxygen atoms in total. The first-order valence-corrected chi connectivity index (χ1v) is 7.15. The second kappa shape index (κ2) is 7.04. The number of rotatable bonds is 6. The standard InChI is InChI=1S/C17H20N2O3/c1-12(21)15-9-16(19(2)10-15)17(22)18-8-7-13-3-5-14(11-20)6-4-13/h3-6,9-10,20H,7-8,11H2,1-2H3,(H,18,22). The molecule has 0 bridgehead atoms. The van der Waals surface area contributed by atoms with Crippen LogP contribution in [0.5, 0.6) is 0 Å². The Hall–Kier alpha value is -2.40. The molecule has 0 atom stereocenters. The zero-order chi connectivity index (χ0) is 16.1. The molecule has 22 heavy (non-hydrogen) atoms. The topological polar surface area (TPSA) is 71.3 Å². The molecular weight excluding hydrogens is 280 g/mol.